The number of hydrogen-bond acceptors (Lipinski definition) is 7. The maximum atomic E-state index is 12.8. The highest BCUT2D eigenvalue weighted by molar-refractivity contribution is 8.18. The first-order valence-corrected chi connectivity index (χ1v) is 10.3. The molecule has 162 valence electrons. The van der Waals surface area contributed by atoms with Crippen molar-refractivity contribution in [3.8, 4) is 5.69 Å². The number of nitro benzene ring substituents is 1. The molecule has 10 heteroatoms. The van der Waals surface area contributed by atoms with Gasteiger partial charge in [-0.1, -0.05) is 0 Å². The lowest BCUT2D eigenvalue weighted by Crippen LogP contribution is -2.42. The van der Waals surface area contributed by atoms with Crippen LogP contribution in [0.3, 0.4) is 0 Å². The first kappa shape index (κ1) is 22.3. The Labute approximate surface area is 182 Å². The summed E-state index contributed by atoms with van der Waals surface area (Å²) in [4.78, 5) is 48.7. The molecule has 2 amide bonds. The Balaban J connectivity index is 1.92. The molecule has 1 aliphatic heterocycles. The van der Waals surface area contributed by atoms with Crippen LogP contribution in [-0.4, -0.2) is 44.2 Å². The molecular weight excluding hydrogens is 422 g/mol. The van der Waals surface area contributed by atoms with Crippen molar-refractivity contribution >= 4 is 40.6 Å². The van der Waals surface area contributed by atoms with Gasteiger partial charge in [-0.15, -0.1) is 0 Å². The molecule has 0 saturated carbocycles. The second-order valence-corrected chi connectivity index (χ2v) is 7.91. The largest absolute Gasteiger partial charge is 0.464 e. The van der Waals surface area contributed by atoms with Crippen LogP contribution in [0.5, 0.6) is 0 Å². The molecule has 2 heterocycles. The van der Waals surface area contributed by atoms with E-state index in [0.717, 1.165) is 39.3 Å². The number of aromatic nitrogens is 1. The highest BCUT2D eigenvalue weighted by Crippen LogP contribution is 2.35. The van der Waals surface area contributed by atoms with Gasteiger partial charge in [-0.25, -0.2) is 4.79 Å². The molecule has 0 radical (unpaired) electrons. The van der Waals surface area contributed by atoms with Crippen LogP contribution >= 0.6 is 11.8 Å². The van der Waals surface area contributed by atoms with Gasteiger partial charge in [0.15, 0.2) is 0 Å². The molecule has 1 aromatic heterocycles. The number of thioether (sulfide) groups is 1. The number of aryl methyl sites for hydroxylation is 1. The first-order chi connectivity index (χ1) is 14.6. The zero-order valence-electron chi connectivity index (χ0n) is 17.4. The van der Waals surface area contributed by atoms with Crippen molar-refractivity contribution in [3.63, 3.8) is 0 Å². The third-order valence-electron chi connectivity index (χ3n) is 4.91. The van der Waals surface area contributed by atoms with E-state index in [2.05, 4.69) is 0 Å². The second-order valence-electron chi connectivity index (χ2n) is 6.92. The summed E-state index contributed by atoms with van der Waals surface area (Å²) in [7, 11) is 0. The number of hydrogen-bond donors (Lipinski definition) is 0. The summed E-state index contributed by atoms with van der Waals surface area (Å²) < 4.78 is 6.82. The molecule has 3 rings (SSSR count). The van der Waals surface area contributed by atoms with Gasteiger partial charge in [-0.05, 0) is 69.3 Å². The Kier molecular flexibility index (Phi) is 6.30. The number of ether oxygens (including phenoxy) is 1. The maximum Gasteiger partial charge on any atom is 0.329 e. The Morgan fingerprint density at radius 2 is 1.90 bits per heavy atom. The van der Waals surface area contributed by atoms with Crippen LogP contribution in [0.25, 0.3) is 11.8 Å². The minimum absolute atomic E-state index is 0.00386. The van der Waals surface area contributed by atoms with Gasteiger partial charge < -0.3 is 9.30 Å². The highest BCUT2D eigenvalue weighted by Gasteiger charge is 2.41. The van der Waals surface area contributed by atoms with Gasteiger partial charge >= 0.3 is 5.97 Å². The zero-order chi connectivity index (χ0) is 22.9. The lowest BCUT2D eigenvalue weighted by Gasteiger charge is -2.19. The Bertz CT molecular complexity index is 1100. The van der Waals surface area contributed by atoms with Crippen molar-refractivity contribution in [2.45, 2.75) is 33.7 Å². The fourth-order valence-electron chi connectivity index (χ4n) is 3.38. The molecule has 0 bridgehead atoms. The van der Waals surface area contributed by atoms with Crippen LogP contribution in [0, 0.1) is 24.0 Å². The van der Waals surface area contributed by atoms with E-state index in [-0.39, 0.29) is 17.2 Å². The molecule has 1 atom stereocenters. The Hall–Kier alpha value is -3.40. The molecule has 9 nitrogen and oxygen atoms in total. The van der Waals surface area contributed by atoms with Gasteiger partial charge in [0.1, 0.15) is 6.04 Å². The fraction of sp³-hybridized carbons (Fsp3) is 0.286. The van der Waals surface area contributed by atoms with Gasteiger partial charge in [-0.3, -0.25) is 24.6 Å². The lowest BCUT2D eigenvalue weighted by molar-refractivity contribution is -0.384. The summed E-state index contributed by atoms with van der Waals surface area (Å²) in [5, 5.41) is 10.4. The summed E-state index contributed by atoms with van der Waals surface area (Å²) in [5.41, 5.74) is 3.12. The average molecular weight is 443 g/mol. The van der Waals surface area contributed by atoms with Crippen LogP contribution < -0.4 is 0 Å². The maximum absolute atomic E-state index is 12.8. The van der Waals surface area contributed by atoms with E-state index in [1.165, 1.54) is 19.1 Å². The average Bonchev–Trinajstić information content (AvgIpc) is 3.16. The smallest absolute Gasteiger partial charge is 0.329 e. The topological polar surface area (TPSA) is 112 Å². The molecule has 2 aromatic rings. The number of rotatable bonds is 6. The van der Waals surface area contributed by atoms with E-state index in [1.807, 2.05) is 24.5 Å². The number of nitro groups is 1. The van der Waals surface area contributed by atoms with E-state index in [1.54, 1.807) is 25.1 Å². The Morgan fingerprint density at radius 3 is 2.48 bits per heavy atom. The third kappa shape index (κ3) is 4.24. The summed E-state index contributed by atoms with van der Waals surface area (Å²) in [6.07, 6.45) is 1.62. The number of carbonyl (C=O) groups is 3. The van der Waals surface area contributed by atoms with Crippen LogP contribution in [-0.2, 0) is 14.3 Å². The van der Waals surface area contributed by atoms with Crippen LogP contribution in [0.15, 0.2) is 35.2 Å². The monoisotopic (exact) mass is 443 g/mol. The first-order valence-electron chi connectivity index (χ1n) is 9.53. The van der Waals surface area contributed by atoms with E-state index in [4.69, 9.17) is 4.74 Å². The number of carbonyl (C=O) groups excluding carboxylic acids is 3. The van der Waals surface area contributed by atoms with Crippen molar-refractivity contribution in [1.82, 2.24) is 9.47 Å². The van der Waals surface area contributed by atoms with Crippen molar-refractivity contribution in [2.75, 3.05) is 6.61 Å². The summed E-state index contributed by atoms with van der Waals surface area (Å²) in [6, 6.07) is 7.00. The minimum atomic E-state index is -1.01. The molecule has 0 N–H and O–H groups in total. The number of non-ortho nitro benzene ring substituents is 1. The van der Waals surface area contributed by atoms with Crippen molar-refractivity contribution in [1.29, 1.82) is 0 Å². The van der Waals surface area contributed by atoms with Crippen LogP contribution in [0.4, 0.5) is 10.5 Å². The molecule has 1 aromatic carbocycles. The zero-order valence-corrected chi connectivity index (χ0v) is 18.3. The van der Waals surface area contributed by atoms with E-state index < -0.39 is 28.1 Å². The van der Waals surface area contributed by atoms with Gasteiger partial charge in [0.2, 0.25) is 0 Å². The van der Waals surface area contributed by atoms with E-state index in [0.29, 0.717) is 0 Å². The SMILES string of the molecule is CCOC(=O)[C@@H](C)N1C(=O)S/C(=C\c2cc(C)n(-c3ccc([N+](=O)[O-])cc3)c2C)C1=O. The number of amides is 2. The van der Waals surface area contributed by atoms with Gasteiger partial charge in [0.25, 0.3) is 16.8 Å². The molecule has 1 saturated heterocycles. The molecule has 0 unspecified atom stereocenters. The third-order valence-corrected chi connectivity index (χ3v) is 5.80. The van der Waals surface area contributed by atoms with Gasteiger partial charge in [0.05, 0.1) is 16.4 Å². The normalized spacial score (nSPS) is 16.1. The van der Waals surface area contributed by atoms with Crippen molar-refractivity contribution < 1.29 is 24.0 Å². The number of esters is 1. The number of imide groups is 1. The summed E-state index contributed by atoms with van der Waals surface area (Å²) in [5.74, 6) is -1.18. The molecular formula is C21H21N3O6S. The fourth-order valence-corrected chi connectivity index (χ4v) is 4.28. The molecule has 31 heavy (non-hydrogen) atoms. The molecule has 0 spiro atoms. The minimum Gasteiger partial charge on any atom is -0.464 e. The Morgan fingerprint density at radius 1 is 1.26 bits per heavy atom. The molecule has 1 fully saturated rings. The molecule has 0 aliphatic carbocycles. The van der Waals surface area contributed by atoms with E-state index >= 15 is 0 Å². The second kappa shape index (κ2) is 8.76. The highest BCUT2D eigenvalue weighted by atomic mass is 32.2. The van der Waals surface area contributed by atoms with E-state index in [9.17, 15) is 24.5 Å². The number of nitrogens with zero attached hydrogens (tertiary/aromatic N) is 3. The summed E-state index contributed by atoms with van der Waals surface area (Å²) >= 11 is 0.772. The van der Waals surface area contributed by atoms with Crippen LogP contribution in [0.2, 0.25) is 0 Å². The van der Waals surface area contributed by atoms with Gasteiger partial charge in [-0.2, -0.15) is 0 Å². The standard InChI is InChI=1S/C21H21N3O6S/c1-5-30-20(26)14(4)23-19(25)18(31-21(23)27)11-15-10-12(2)22(13(15)3)16-6-8-17(9-7-16)24(28)29/h6-11,14H,5H2,1-4H3/b18-11-/t14-/m1/s1. The van der Waals surface area contributed by atoms with Gasteiger partial charge in [0, 0.05) is 29.2 Å². The quantitative estimate of drug-likeness (QED) is 0.287. The number of benzene rings is 1. The van der Waals surface area contributed by atoms with Crippen LogP contribution in [0.1, 0.15) is 30.8 Å². The lowest BCUT2D eigenvalue weighted by atomic mass is 10.2. The molecule has 1 aliphatic rings. The van der Waals surface area contributed by atoms with Crippen molar-refractivity contribution in [2.24, 2.45) is 0 Å². The van der Waals surface area contributed by atoms with Crippen molar-refractivity contribution in [3.05, 3.63) is 62.3 Å². The predicted octanol–water partition coefficient (Wildman–Crippen LogP) is 3.99. The summed E-state index contributed by atoms with van der Waals surface area (Å²) in [6.45, 7) is 6.99. The predicted molar refractivity (Wildman–Crippen MR) is 116 cm³/mol.